The summed E-state index contributed by atoms with van der Waals surface area (Å²) in [6, 6.07) is 0.271. The molecule has 0 aromatic carbocycles. The predicted molar refractivity (Wildman–Crippen MR) is 105 cm³/mol. The molecular weight excluding hydrogens is 360 g/mol. The zero-order chi connectivity index (χ0) is 19.8. The summed E-state index contributed by atoms with van der Waals surface area (Å²) in [7, 11) is 0. The van der Waals surface area contributed by atoms with Crippen LogP contribution in [0.3, 0.4) is 0 Å². The van der Waals surface area contributed by atoms with Crippen LogP contribution in [0.1, 0.15) is 55.4 Å². The number of carbonyl (C=O) groups is 1. The van der Waals surface area contributed by atoms with E-state index in [1.807, 2.05) is 6.92 Å². The molecular formula is C20H34N4O4. The van der Waals surface area contributed by atoms with Gasteiger partial charge in [0, 0.05) is 45.4 Å². The maximum atomic E-state index is 12.4. The third-order valence-electron chi connectivity index (χ3n) is 5.53. The number of aliphatic hydroxyl groups is 1. The number of aliphatic hydroxyl groups excluding tert-OH is 1. The topological polar surface area (TPSA) is 91.1 Å². The Morgan fingerprint density at radius 1 is 1.29 bits per heavy atom. The van der Waals surface area contributed by atoms with Gasteiger partial charge in [-0.2, -0.15) is 0 Å². The second kappa shape index (κ2) is 10.9. The van der Waals surface area contributed by atoms with E-state index >= 15 is 0 Å². The lowest BCUT2D eigenvalue weighted by Crippen LogP contribution is -2.48. The number of piperazine rings is 1. The van der Waals surface area contributed by atoms with Gasteiger partial charge in [-0.1, -0.05) is 19.3 Å². The Labute approximate surface area is 167 Å². The molecule has 0 radical (unpaired) electrons. The van der Waals surface area contributed by atoms with Crippen molar-refractivity contribution in [1.82, 2.24) is 20.1 Å². The van der Waals surface area contributed by atoms with Crippen LogP contribution in [-0.4, -0.2) is 83.9 Å². The number of aromatic nitrogens is 1. The second-order valence-electron chi connectivity index (χ2n) is 7.82. The lowest BCUT2D eigenvalue weighted by atomic mass is 9.95. The average Bonchev–Trinajstić information content (AvgIpc) is 3.17. The summed E-state index contributed by atoms with van der Waals surface area (Å²) in [5, 5.41) is 13.0. The van der Waals surface area contributed by atoms with Crippen LogP contribution in [-0.2, 0) is 11.3 Å². The van der Waals surface area contributed by atoms with Gasteiger partial charge in [0.25, 0.3) is 5.91 Å². The maximum absolute atomic E-state index is 12.4. The first kappa shape index (κ1) is 21.2. The first-order chi connectivity index (χ1) is 13.6. The van der Waals surface area contributed by atoms with Crippen LogP contribution in [0.2, 0.25) is 0 Å². The normalized spacial score (nSPS) is 20.9. The summed E-state index contributed by atoms with van der Waals surface area (Å²) in [5.74, 6) is 0.452. The molecule has 1 aromatic rings. The standard InChI is InChI=1S/C20H34N4O4/c1-2-27-14-17(25)12-23-8-10-24(11-9-23)13-19-22-18(15-28-19)20(26)21-16-6-4-3-5-7-16/h15-17,25H,2-14H2,1H3,(H,21,26)/t17-/m1/s1. The zero-order valence-electron chi connectivity index (χ0n) is 16.9. The van der Waals surface area contributed by atoms with Crippen LogP contribution in [0.15, 0.2) is 10.7 Å². The molecule has 8 nitrogen and oxygen atoms in total. The number of nitrogens with one attached hydrogen (secondary N) is 1. The summed E-state index contributed by atoms with van der Waals surface area (Å²) < 4.78 is 10.8. The van der Waals surface area contributed by atoms with Gasteiger partial charge in [0.1, 0.15) is 6.26 Å². The Kier molecular flexibility index (Phi) is 8.27. The van der Waals surface area contributed by atoms with Crippen molar-refractivity contribution in [3.8, 4) is 0 Å². The van der Waals surface area contributed by atoms with E-state index in [2.05, 4.69) is 20.1 Å². The van der Waals surface area contributed by atoms with Crippen LogP contribution in [0, 0.1) is 0 Å². The lowest BCUT2D eigenvalue weighted by Gasteiger charge is -2.34. The second-order valence-corrected chi connectivity index (χ2v) is 7.82. The average molecular weight is 395 g/mol. The molecule has 2 heterocycles. The van der Waals surface area contributed by atoms with Crippen LogP contribution in [0.25, 0.3) is 0 Å². The number of rotatable bonds is 9. The minimum absolute atomic E-state index is 0.130. The monoisotopic (exact) mass is 394 g/mol. The van der Waals surface area contributed by atoms with Gasteiger partial charge in [0.05, 0.1) is 19.3 Å². The van der Waals surface area contributed by atoms with Crippen LogP contribution >= 0.6 is 0 Å². The number of carbonyl (C=O) groups excluding carboxylic acids is 1. The minimum atomic E-state index is -0.441. The molecule has 0 spiro atoms. The van der Waals surface area contributed by atoms with Crippen molar-refractivity contribution in [2.75, 3.05) is 45.9 Å². The Hall–Kier alpha value is -1.48. The highest BCUT2D eigenvalue weighted by molar-refractivity contribution is 5.92. The van der Waals surface area contributed by atoms with E-state index in [0.29, 0.717) is 37.9 Å². The van der Waals surface area contributed by atoms with Crippen molar-refractivity contribution in [1.29, 1.82) is 0 Å². The summed E-state index contributed by atoms with van der Waals surface area (Å²) in [6.07, 6.45) is 6.77. The predicted octanol–water partition coefficient (Wildman–Crippen LogP) is 1.25. The molecule has 1 aromatic heterocycles. The van der Waals surface area contributed by atoms with E-state index in [1.54, 1.807) is 0 Å². The van der Waals surface area contributed by atoms with Crippen molar-refractivity contribution in [2.24, 2.45) is 0 Å². The maximum Gasteiger partial charge on any atom is 0.273 e. The van der Waals surface area contributed by atoms with Gasteiger partial charge < -0.3 is 19.6 Å². The Bertz CT molecular complexity index is 595. The SMILES string of the molecule is CCOC[C@H](O)CN1CCN(Cc2nc(C(=O)NC3CCCCC3)co2)CC1. The van der Waals surface area contributed by atoms with Crippen molar-refractivity contribution < 1.29 is 19.1 Å². The largest absolute Gasteiger partial charge is 0.447 e. The summed E-state index contributed by atoms with van der Waals surface area (Å²) in [5.41, 5.74) is 0.373. The molecule has 28 heavy (non-hydrogen) atoms. The molecule has 1 saturated heterocycles. The van der Waals surface area contributed by atoms with Crippen LogP contribution in [0.4, 0.5) is 0 Å². The Morgan fingerprint density at radius 3 is 2.71 bits per heavy atom. The minimum Gasteiger partial charge on any atom is -0.447 e. The quantitative estimate of drug-likeness (QED) is 0.651. The molecule has 2 N–H and O–H groups in total. The van der Waals surface area contributed by atoms with Gasteiger partial charge >= 0.3 is 0 Å². The van der Waals surface area contributed by atoms with Gasteiger partial charge in [0.15, 0.2) is 5.69 Å². The van der Waals surface area contributed by atoms with Crippen LogP contribution < -0.4 is 5.32 Å². The zero-order valence-corrected chi connectivity index (χ0v) is 16.9. The van der Waals surface area contributed by atoms with Crippen molar-refractivity contribution in [3.63, 3.8) is 0 Å². The number of β-amino-alcohol motifs (C(OH)–C–C–N with tert-alkyl or cyclic N) is 1. The molecule has 1 saturated carbocycles. The van der Waals surface area contributed by atoms with E-state index in [0.717, 1.165) is 39.0 Å². The summed E-state index contributed by atoms with van der Waals surface area (Å²) >= 11 is 0. The van der Waals surface area contributed by atoms with Gasteiger partial charge in [-0.15, -0.1) is 0 Å². The molecule has 1 aliphatic heterocycles. The third-order valence-corrected chi connectivity index (χ3v) is 5.53. The summed E-state index contributed by atoms with van der Waals surface area (Å²) in [4.78, 5) is 21.2. The number of ether oxygens (including phenoxy) is 1. The van der Waals surface area contributed by atoms with E-state index in [9.17, 15) is 9.90 Å². The summed E-state index contributed by atoms with van der Waals surface area (Å²) in [6.45, 7) is 7.72. The van der Waals surface area contributed by atoms with Crippen LogP contribution in [0.5, 0.6) is 0 Å². The third kappa shape index (κ3) is 6.55. The number of hydrogen-bond donors (Lipinski definition) is 2. The fourth-order valence-corrected chi connectivity index (χ4v) is 3.92. The molecule has 0 bridgehead atoms. The fraction of sp³-hybridized carbons (Fsp3) is 0.800. The molecule has 0 unspecified atom stereocenters. The van der Waals surface area contributed by atoms with Crippen molar-refractivity contribution in [2.45, 2.75) is 57.7 Å². The van der Waals surface area contributed by atoms with E-state index < -0.39 is 6.10 Å². The molecule has 158 valence electrons. The number of hydrogen-bond acceptors (Lipinski definition) is 7. The van der Waals surface area contributed by atoms with E-state index in [-0.39, 0.29) is 11.9 Å². The Morgan fingerprint density at radius 2 is 2.00 bits per heavy atom. The number of oxazole rings is 1. The van der Waals surface area contributed by atoms with Gasteiger partial charge in [0.2, 0.25) is 5.89 Å². The fourth-order valence-electron chi connectivity index (χ4n) is 3.92. The first-order valence-corrected chi connectivity index (χ1v) is 10.6. The number of nitrogens with zero attached hydrogens (tertiary/aromatic N) is 3. The molecule has 8 heteroatoms. The van der Waals surface area contributed by atoms with E-state index in [1.165, 1.54) is 25.5 Å². The molecule has 3 rings (SSSR count). The molecule has 1 atom stereocenters. The van der Waals surface area contributed by atoms with Crippen molar-refractivity contribution >= 4 is 5.91 Å². The highest BCUT2D eigenvalue weighted by Crippen LogP contribution is 2.18. The lowest BCUT2D eigenvalue weighted by molar-refractivity contribution is 0.00949. The molecule has 1 amide bonds. The Balaban J connectivity index is 1.39. The molecule has 2 aliphatic rings. The highest BCUT2D eigenvalue weighted by Gasteiger charge is 2.22. The van der Waals surface area contributed by atoms with Gasteiger partial charge in [-0.25, -0.2) is 4.98 Å². The molecule has 1 aliphatic carbocycles. The van der Waals surface area contributed by atoms with Crippen molar-refractivity contribution in [3.05, 3.63) is 17.8 Å². The number of amides is 1. The smallest absolute Gasteiger partial charge is 0.273 e. The first-order valence-electron chi connectivity index (χ1n) is 10.6. The van der Waals surface area contributed by atoms with Gasteiger partial charge in [-0.05, 0) is 19.8 Å². The molecule has 2 fully saturated rings. The van der Waals surface area contributed by atoms with E-state index in [4.69, 9.17) is 9.15 Å². The van der Waals surface area contributed by atoms with Gasteiger partial charge in [-0.3, -0.25) is 14.6 Å². The highest BCUT2D eigenvalue weighted by atomic mass is 16.5.